The molecule has 1 aromatic carbocycles. The van der Waals surface area contributed by atoms with Gasteiger partial charge in [-0.05, 0) is 49.6 Å². The number of guanidine groups is 1. The molecule has 2 aromatic heterocycles. The lowest BCUT2D eigenvalue weighted by atomic mass is 10.0. The lowest BCUT2D eigenvalue weighted by Crippen LogP contribution is -2.49. The van der Waals surface area contributed by atoms with Crippen molar-refractivity contribution in [2.75, 3.05) is 19.6 Å². The van der Waals surface area contributed by atoms with Crippen LogP contribution in [0.15, 0.2) is 82.5 Å². The first-order valence-corrected chi connectivity index (χ1v) is 11.5. The van der Waals surface area contributed by atoms with E-state index in [4.69, 9.17) is 9.41 Å². The van der Waals surface area contributed by atoms with Gasteiger partial charge < -0.3 is 15.1 Å². The molecule has 2 N–H and O–H groups in total. The Balaban J connectivity index is 0.00000306. The second-order valence-corrected chi connectivity index (χ2v) is 8.35. The van der Waals surface area contributed by atoms with Gasteiger partial charge in [0, 0.05) is 44.8 Å². The molecule has 0 saturated carbocycles. The van der Waals surface area contributed by atoms with Crippen LogP contribution < -0.4 is 10.6 Å². The highest BCUT2D eigenvalue weighted by Crippen LogP contribution is 2.14. The number of furan rings is 1. The highest BCUT2D eigenvalue weighted by Gasteiger charge is 2.21. The minimum atomic E-state index is 0. The molecular weight excluding hydrogens is 525 g/mol. The summed E-state index contributed by atoms with van der Waals surface area (Å²) in [4.78, 5) is 11.8. The zero-order valence-electron chi connectivity index (χ0n) is 19.2. The van der Waals surface area contributed by atoms with Gasteiger partial charge in [-0.3, -0.25) is 14.9 Å². The number of pyridine rings is 1. The molecule has 0 radical (unpaired) electrons. The number of nitrogens with zero attached hydrogens (tertiary/aromatic N) is 3. The van der Waals surface area contributed by atoms with Crippen molar-refractivity contribution in [3.8, 4) is 0 Å². The number of halogens is 1. The van der Waals surface area contributed by atoms with Crippen LogP contribution in [0, 0.1) is 0 Å². The molecule has 1 aliphatic heterocycles. The fourth-order valence-electron chi connectivity index (χ4n) is 4.05. The molecule has 1 atom stereocenters. The number of nitrogens with one attached hydrogen (secondary N) is 2. The van der Waals surface area contributed by atoms with Gasteiger partial charge in [0.25, 0.3) is 0 Å². The van der Waals surface area contributed by atoms with E-state index < -0.39 is 0 Å². The van der Waals surface area contributed by atoms with Gasteiger partial charge in [0.1, 0.15) is 5.76 Å². The molecule has 1 unspecified atom stereocenters. The van der Waals surface area contributed by atoms with Crippen LogP contribution in [0.1, 0.15) is 42.8 Å². The Morgan fingerprint density at radius 1 is 1.09 bits per heavy atom. The maximum atomic E-state index is 5.46. The molecule has 7 heteroatoms. The van der Waals surface area contributed by atoms with Crippen LogP contribution in [0.5, 0.6) is 0 Å². The number of aromatic nitrogens is 1. The lowest BCUT2D eigenvalue weighted by molar-refractivity contribution is 0.196. The van der Waals surface area contributed by atoms with Crippen LogP contribution in [0.3, 0.4) is 0 Å². The Labute approximate surface area is 213 Å². The summed E-state index contributed by atoms with van der Waals surface area (Å²) >= 11 is 0. The lowest BCUT2D eigenvalue weighted by Gasteiger charge is -2.33. The van der Waals surface area contributed by atoms with E-state index in [0.717, 1.165) is 56.3 Å². The van der Waals surface area contributed by atoms with E-state index in [1.54, 1.807) is 6.26 Å². The number of piperidine rings is 1. The van der Waals surface area contributed by atoms with Gasteiger partial charge in [-0.25, -0.2) is 0 Å². The summed E-state index contributed by atoms with van der Waals surface area (Å²) in [6, 6.07) is 21.1. The van der Waals surface area contributed by atoms with Gasteiger partial charge in [0.2, 0.25) is 0 Å². The third-order valence-electron chi connectivity index (χ3n) is 5.90. The summed E-state index contributed by atoms with van der Waals surface area (Å²) < 4.78 is 5.46. The zero-order valence-corrected chi connectivity index (χ0v) is 21.5. The van der Waals surface area contributed by atoms with E-state index in [1.807, 2.05) is 30.5 Å². The van der Waals surface area contributed by atoms with Crippen LogP contribution in [-0.4, -0.2) is 41.5 Å². The average Bonchev–Trinajstić information content (AvgIpc) is 3.35. The summed E-state index contributed by atoms with van der Waals surface area (Å²) in [5.41, 5.74) is 2.38. The third kappa shape index (κ3) is 8.16. The molecule has 6 nitrogen and oxygen atoms in total. The van der Waals surface area contributed by atoms with Crippen molar-refractivity contribution in [3.05, 3.63) is 90.1 Å². The second kappa shape index (κ2) is 13.3. The zero-order chi connectivity index (χ0) is 22.0. The van der Waals surface area contributed by atoms with E-state index >= 15 is 0 Å². The summed E-state index contributed by atoms with van der Waals surface area (Å²) in [6.45, 7) is 5.89. The number of likely N-dealkylation sites (tertiary alicyclic amines) is 1. The van der Waals surface area contributed by atoms with E-state index in [1.165, 1.54) is 5.56 Å². The normalized spacial score (nSPS) is 16.1. The van der Waals surface area contributed by atoms with Crippen molar-refractivity contribution < 1.29 is 4.42 Å². The topological polar surface area (TPSA) is 65.7 Å². The van der Waals surface area contributed by atoms with Crippen LogP contribution in [0.2, 0.25) is 0 Å². The van der Waals surface area contributed by atoms with Crippen LogP contribution >= 0.6 is 24.0 Å². The second-order valence-electron chi connectivity index (χ2n) is 8.35. The van der Waals surface area contributed by atoms with Crippen molar-refractivity contribution in [1.29, 1.82) is 0 Å². The molecule has 1 saturated heterocycles. The molecule has 0 bridgehead atoms. The Morgan fingerprint density at radius 2 is 1.88 bits per heavy atom. The molecule has 0 aliphatic carbocycles. The molecular formula is C26H34IN5O. The number of hydrogen-bond acceptors (Lipinski definition) is 4. The predicted octanol–water partition coefficient (Wildman–Crippen LogP) is 4.80. The molecule has 0 amide bonds. The summed E-state index contributed by atoms with van der Waals surface area (Å²) in [5, 5.41) is 7.28. The quantitative estimate of drug-likeness (QED) is 0.236. The monoisotopic (exact) mass is 559 g/mol. The van der Waals surface area contributed by atoms with E-state index in [9.17, 15) is 0 Å². The smallest absolute Gasteiger partial charge is 0.191 e. The highest BCUT2D eigenvalue weighted by atomic mass is 127. The molecule has 0 spiro atoms. The Kier molecular flexibility index (Phi) is 10.2. The van der Waals surface area contributed by atoms with Gasteiger partial charge in [-0.15, -0.1) is 24.0 Å². The van der Waals surface area contributed by atoms with E-state index in [2.05, 4.69) is 63.8 Å². The van der Waals surface area contributed by atoms with Crippen molar-refractivity contribution in [3.63, 3.8) is 0 Å². The first-order valence-electron chi connectivity index (χ1n) is 11.5. The fourth-order valence-corrected chi connectivity index (χ4v) is 4.05. The predicted molar refractivity (Wildman–Crippen MR) is 144 cm³/mol. The standard InChI is InChI=1S/C26H33N5O.HI/c1-21(22-8-3-2-4-9-22)29-26(28-16-12-25-11-7-19-32-25)30-23-13-17-31(18-14-23)20-24-10-5-6-15-27-24;/h2-11,15,19,21,23H,12-14,16-18,20H2,1H3,(H2,28,29,30);1H. The van der Waals surface area contributed by atoms with Crippen molar-refractivity contribution in [2.45, 2.75) is 44.8 Å². The highest BCUT2D eigenvalue weighted by molar-refractivity contribution is 14.0. The van der Waals surface area contributed by atoms with Gasteiger partial charge in [-0.1, -0.05) is 36.4 Å². The van der Waals surface area contributed by atoms with Gasteiger partial charge in [-0.2, -0.15) is 0 Å². The first kappa shape index (κ1) is 25.2. The minimum Gasteiger partial charge on any atom is -0.469 e. The fraction of sp³-hybridized carbons (Fsp3) is 0.385. The molecule has 3 aromatic rings. The minimum absolute atomic E-state index is 0. The number of hydrogen-bond donors (Lipinski definition) is 2. The number of benzene rings is 1. The van der Waals surface area contributed by atoms with Crippen molar-refractivity contribution >= 4 is 29.9 Å². The van der Waals surface area contributed by atoms with Gasteiger partial charge >= 0.3 is 0 Å². The van der Waals surface area contributed by atoms with E-state index in [-0.39, 0.29) is 30.0 Å². The van der Waals surface area contributed by atoms with E-state index in [0.29, 0.717) is 12.6 Å². The first-order chi connectivity index (χ1) is 15.8. The third-order valence-corrected chi connectivity index (χ3v) is 5.90. The average molecular weight is 559 g/mol. The molecule has 1 aliphatic rings. The van der Waals surface area contributed by atoms with Crippen LogP contribution in [0.4, 0.5) is 0 Å². The van der Waals surface area contributed by atoms with Gasteiger partial charge in [0.05, 0.1) is 18.0 Å². The largest absolute Gasteiger partial charge is 0.469 e. The van der Waals surface area contributed by atoms with Crippen LogP contribution in [0.25, 0.3) is 0 Å². The molecule has 176 valence electrons. The molecule has 1 fully saturated rings. The maximum Gasteiger partial charge on any atom is 0.191 e. The molecule has 4 rings (SSSR count). The summed E-state index contributed by atoms with van der Waals surface area (Å²) in [5.74, 6) is 1.84. The number of rotatable bonds is 8. The van der Waals surface area contributed by atoms with Crippen LogP contribution in [-0.2, 0) is 13.0 Å². The summed E-state index contributed by atoms with van der Waals surface area (Å²) in [7, 11) is 0. The molecule has 3 heterocycles. The summed E-state index contributed by atoms with van der Waals surface area (Å²) in [6.07, 6.45) is 6.56. The maximum absolute atomic E-state index is 5.46. The Hall–Kier alpha value is -2.39. The van der Waals surface area contributed by atoms with Crippen molar-refractivity contribution in [2.24, 2.45) is 4.99 Å². The Morgan fingerprint density at radius 3 is 2.58 bits per heavy atom. The van der Waals surface area contributed by atoms with Gasteiger partial charge in [0.15, 0.2) is 5.96 Å². The Bertz CT molecular complexity index is 941. The SMILES string of the molecule is CC(NC(=NCCc1ccco1)NC1CCN(Cc2ccccn2)CC1)c1ccccc1.I. The molecule has 33 heavy (non-hydrogen) atoms. The van der Waals surface area contributed by atoms with Crippen molar-refractivity contribution in [1.82, 2.24) is 20.5 Å². The number of aliphatic imine (C=N–C) groups is 1.